The lowest BCUT2D eigenvalue weighted by Gasteiger charge is -2.46. The van der Waals surface area contributed by atoms with Gasteiger partial charge in [-0.2, -0.15) is 0 Å². The number of anilines is 1. The molecule has 3 fully saturated rings. The summed E-state index contributed by atoms with van der Waals surface area (Å²) >= 11 is 0. The summed E-state index contributed by atoms with van der Waals surface area (Å²) in [6.07, 6.45) is 0.435. The van der Waals surface area contributed by atoms with E-state index in [0.717, 1.165) is 19.5 Å². The third-order valence-electron chi connectivity index (χ3n) is 6.44. The summed E-state index contributed by atoms with van der Waals surface area (Å²) in [6, 6.07) is 7.83. The third kappa shape index (κ3) is 3.40. The van der Waals surface area contributed by atoms with E-state index in [1.54, 1.807) is 4.90 Å². The highest BCUT2D eigenvalue weighted by Gasteiger charge is 2.56. The smallest absolute Gasteiger partial charge is 0.327 e. The molecule has 3 aliphatic rings. The van der Waals surface area contributed by atoms with E-state index >= 15 is 0 Å². The second-order valence-electron chi connectivity index (χ2n) is 9.24. The van der Waals surface area contributed by atoms with E-state index < -0.39 is 0 Å². The van der Waals surface area contributed by atoms with E-state index in [9.17, 15) is 9.59 Å². The predicted octanol–water partition coefficient (Wildman–Crippen LogP) is 2.27. The van der Waals surface area contributed by atoms with Gasteiger partial charge >= 0.3 is 6.03 Å². The zero-order chi connectivity index (χ0) is 20.9. The van der Waals surface area contributed by atoms with Gasteiger partial charge in [0.2, 0.25) is 0 Å². The van der Waals surface area contributed by atoms with Crippen molar-refractivity contribution in [3.63, 3.8) is 0 Å². The molecule has 0 spiro atoms. The molecule has 0 aromatic heterocycles. The number of imide groups is 1. The Morgan fingerprint density at radius 3 is 2.59 bits per heavy atom. The molecule has 0 aliphatic carbocycles. The lowest BCUT2D eigenvalue weighted by molar-refractivity contribution is -0.139. The zero-order valence-corrected chi connectivity index (χ0v) is 18.1. The molecule has 3 saturated heterocycles. The zero-order valence-electron chi connectivity index (χ0n) is 18.1. The quantitative estimate of drug-likeness (QED) is 0.842. The Labute approximate surface area is 173 Å². The van der Waals surface area contributed by atoms with Gasteiger partial charge in [0.25, 0.3) is 5.91 Å². The number of nitrogens with one attached hydrogen (secondary N) is 1. The SMILES string of the molecule is Cc1ccccc1N1CC(C)CN2C3C(=O)N(CCC(C)C)C(=O)N(C)C3NC12. The maximum atomic E-state index is 13.4. The van der Waals surface area contributed by atoms with E-state index in [0.29, 0.717) is 18.4 Å². The van der Waals surface area contributed by atoms with E-state index in [1.165, 1.54) is 16.2 Å². The Hall–Kier alpha value is -2.12. The first-order valence-corrected chi connectivity index (χ1v) is 10.7. The molecule has 4 atom stereocenters. The Kier molecular flexibility index (Phi) is 5.29. The fourth-order valence-electron chi connectivity index (χ4n) is 4.88. The normalized spacial score (nSPS) is 30.2. The first kappa shape index (κ1) is 20.2. The Morgan fingerprint density at radius 2 is 1.90 bits per heavy atom. The molecule has 3 heterocycles. The molecule has 1 N–H and O–H groups in total. The fourth-order valence-corrected chi connectivity index (χ4v) is 4.88. The van der Waals surface area contributed by atoms with Crippen LogP contribution in [0.1, 0.15) is 32.8 Å². The number of urea groups is 1. The van der Waals surface area contributed by atoms with Crippen LogP contribution in [0, 0.1) is 18.8 Å². The fraction of sp³-hybridized carbons (Fsp3) is 0.636. The maximum Gasteiger partial charge on any atom is 0.327 e. The molecule has 0 saturated carbocycles. The summed E-state index contributed by atoms with van der Waals surface area (Å²) in [5.41, 5.74) is 2.39. The van der Waals surface area contributed by atoms with Crippen molar-refractivity contribution in [3.8, 4) is 0 Å². The summed E-state index contributed by atoms with van der Waals surface area (Å²) in [7, 11) is 1.81. The van der Waals surface area contributed by atoms with Crippen LogP contribution in [0.4, 0.5) is 10.5 Å². The Bertz CT molecular complexity index is 797. The number of para-hydroxylation sites is 1. The van der Waals surface area contributed by atoms with E-state index in [4.69, 9.17) is 0 Å². The van der Waals surface area contributed by atoms with Crippen LogP contribution in [0.2, 0.25) is 0 Å². The molecule has 0 radical (unpaired) electrons. The molecule has 4 rings (SSSR count). The van der Waals surface area contributed by atoms with Crippen LogP contribution in [-0.4, -0.2) is 71.8 Å². The van der Waals surface area contributed by atoms with Gasteiger partial charge in [-0.1, -0.05) is 39.0 Å². The lowest BCUT2D eigenvalue weighted by Crippen LogP contribution is -2.66. The molecule has 158 valence electrons. The van der Waals surface area contributed by atoms with E-state index in [1.807, 2.05) is 7.05 Å². The highest BCUT2D eigenvalue weighted by molar-refractivity contribution is 6.00. The standard InChI is InChI=1S/C22H33N5O2/c1-14(2)10-11-25-20(28)18-19(24(5)22(25)29)23-21-26(12-15(3)13-27(18)21)17-9-7-6-8-16(17)4/h6-9,14-15,18-19,21,23H,10-13H2,1-5H3. The van der Waals surface area contributed by atoms with Gasteiger partial charge in [0.1, 0.15) is 18.5 Å². The molecular weight excluding hydrogens is 366 g/mol. The second-order valence-corrected chi connectivity index (χ2v) is 9.24. The van der Waals surface area contributed by atoms with Crippen LogP contribution in [0.5, 0.6) is 0 Å². The van der Waals surface area contributed by atoms with Crippen molar-refractivity contribution in [2.75, 3.05) is 31.6 Å². The molecule has 1 aromatic rings. The van der Waals surface area contributed by atoms with Gasteiger partial charge in [0.05, 0.1) is 0 Å². The monoisotopic (exact) mass is 399 g/mol. The highest BCUT2D eigenvalue weighted by atomic mass is 16.2. The summed E-state index contributed by atoms with van der Waals surface area (Å²) in [6.45, 7) is 10.8. The van der Waals surface area contributed by atoms with Crippen LogP contribution in [0.3, 0.4) is 0 Å². The number of nitrogens with zero attached hydrogens (tertiary/aromatic N) is 4. The number of fused-ring (bicyclic) bond motifs is 3. The average molecular weight is 400 g/mol. The Balaban J connectivity index is 1.65. The lowest BCUT2D eigenvalue weighted by atomic mass is 10.0. The van der Waals surface area contributed by atoms with Crippen LogP contribution in [0.15, 0.2) is 24.3 Å². The second kappa shape index (κ2) is 7.61. The maximum absolute atomic E-state index is 13.4. The number of carbonyl (C=O) groups is 2. The number of likely N-dealkylation sites (N-methyl/N-ethyl adjacent to an activating group) is 1. The molecule has 1 aromatic carbocycles. The minimum Gasteiger partial charge on any atom is -0.343 e. The van der Waals surface area contributed by atoms with Crippen molar-refractivity contribution in [1.82, 2.24) is 20.0 Å². The van der Waals surface area contributed by atoms with E-state index in [2.05, 4.69) is 67.1 Å². The summed E-state index contributed by atoms with van der Waals surface area (Å²) in [5, 5.41) is 3.60. The van der Waals surface area contributed by atoms with Gasteiger partial charge in [-0.3, -0.25) is 19.9 Å². The van der Waals surface area contributed by atoms with Crippen molar-refractivity contribution in [3.05, 3.63) is 29.8 Å². The number of hydrogen-bond donors (Lipinski definition) is 1. The summed E-state index contributed by atoms with van der Waals surface area (Å²) < 4.78 is 0. The number of aryl methyl sites for hydroxylation is 1. The van der Waals surface area contributed by atoms with Gasteiger partial charge in [0.15, 0.2) is 0 Å². The molecule has 3 amide bonds. The highest BCUT2D eigenvalue weighted by Crippen LogP contribution is 2.35. The van der Waals surface area contributed by atoms with Crippen LogP contribution in [-0.2, 0) is 4.79 Å². The molecule has 29 heavy (non-hydrogen) atoms. The topological polar surface area (TPSA) is 59.1 Å². The predicted molar refractivity (Wildman–Crippen MR) is 113 cm³/mol. The number of benzene rings is 1. The van der Waals surface area contributed by atoms with Crippen molar-refractivity contribution >= 4 is 17.6 Å². The minimum atomic E-state index is -0.343. The van der Waals surface area contributed by atoms with Crippen LogP contribution < -0.4 is 10.2 Å². The molecule has 7 nitrogen and oxygen atoms in total. The van der Waals surface area contributed by atoms with Crippen molar-refractivity contribution in [2.45, 2.75) is 52.6 Å². The Morgan fingerprint density at radius 1 is 1.17 bits per heavy atom. The first-order chi connectivity index (χ1) is 13.8. The number of rotatable bonds is 4. The molecule has 7 heteroatoms. The molecule has 3 aliphatic heterocycles. The van der Waals surface area contributed by atoms with Gasteiger partial charge in [-0.05, 0) is 36.8 Å². The van der Waals surface area contributed by atoms with Crippen LogP contribution in [0.25, 0.3) is 0 Å². The van der Waals surface area contributed by atoms with Crippen molar-refractivity contribution in [2.24, 2.45) is 11.8 Å². The van der Waals surface area contributed by atoms with Crippen LogP contribution >= 0.6 is 0 Å². The van der Waals surface area contributed by atoms with E-state index in [-0.39, 0.29) is 30.4 Å². The summed E-state index contributed by atoms with van der Waals surface area (Å²) in [5.74, 6) is 0.804. The molecule has 4 unspecified atom stereocenters. The van der Waals surface area contributed by atoms with Gasteiger partial charge in [0, 0.05) is 32.4 Å². The number of hydrogen-bond acceptors (Lipinski definition) is 5. The summed E-state index contributed by atoms with van der Waals surface area (Å²) in [4.78, 5) is 34.1. The van der Waals surface area contributed by atoms with Crippen molar-refractivity contribution < 1.29 is 9.59 Å². The van der Waals surface area contributed by atoms with Gasteiger partial charge in [-0.15, -0.1) is 0 Å². The number of amides is 3. The molecular formula is C22H33N5O2. The largest absolute Gasteiger partial charge is 0.343 e. The third-order valence-corrected chi connectivity index (χ3v) is 6.44. The average Bonchev–Trinajstić information content (AvgIpc) is 3.05. The minimum absolute atomic E-state index is 0.0624. The first-order valence-electron chi connectivity index (χ1n) is 10.7. The van der Waals surface area contributed by atoms with Gasteiger partial charge < -0.3 is 9.80 Å². The molecule has 0 bridgehead atoms. The number of carbonyl (C=O) groups excluding carboxylic acids is 2. The van der Waals surface area contributed by atoms with Crippen molar-refractivity contribution in [1.29, 1.82) is 0 Å². The van der Waals surface area contributed by atoms with Gasteiger partial charge in [-0.25, -0.2) is 4.79 Å².